The van der Waals surface area contributed by atoms with E-state index in [-0.39, 0.29) is 6.73 Å². The molecule has 0 unspecified atom stereocenters. The number of aliphatic imine (C=N–C) groups is 1. The summed E-state index contributed by atoms with van der Waals surface area (Å²) in [5.74, 6) is 0.699. The summed E-state index contributed by atoms with van der Waals surface area (Å²) < 4.78 is 0. The highest BCUT2D eigenvalue weighted by atomic mass is 32.2. The molecule has 25 heavy (non-hydrogen) atoms. The molecule has 6 heteroatoms. The zero-order valence-corrected chi connectivity index (χ0v) is 15.3. The van der Waals surface area contributed by atoms with E-state index in [0.29, 0.717) is 5.82 Å². The molecule has 0 amide bonds. The molecule has 1 aliphatic heterocycles. The predicted molar refractivity (Wildman–Crippen MR) is 103 cm³/mol. The fourth-order valence-electron chi connectivity index (χ4n) is 2.77. The van der Waals surface area contributed by atoms with Gasteiger partial charge in [0.25, 0.3) is 0 Å². The Bertz CT molecular complexity index is 804. The number of rotatable bonds is 6. The van der Waals surface area contributed by atoms with Gasteiger partial charge >= 0.3 is 0 Å². The first-order valence-corrected chi connectivity index (χ1v) is 9.28. The van der Waals surface area contributed by atoms with Crippen molar-refractivity contribution < 1.29 is 5.11 Å². The molecule has 0 radical (unpaired) electrons. The molecule has 1 aromatic heterocycles. The third-order valence-electron chi connectivity index (χ3n) is 4.05. The molecule has 1 aromatic carbocycles. The molecular formula is C19H22N4OS. The molecule has 1 N–H and O–H groups in total. The van der Waals surface area contributed by atoms with Crippen LogP contribution in [0.4, 0.5) is 11.5 Å². The average molecular weight is 354 g/mol. The van der Waals surface area contributed by atoms with E-state index in [1.54, 1.807) is 35.3 Å². The van der Waals surface area contributed by atoms with Crippen LogP contribution >= 0.6 is 11.8 Å². The number of allylic oxidation sites excluding steroid dienone is 1. The van der Waals surface area contributed by atoms with Gasteiger partial charge < -0.3 is 5.11 Å². The normalized spacial score (nSPS) is 13.9. The summed E-state index contributed by atoms with van der Waals surface area (Å²) in [7, 11) is 0. The molecule has 2 aromatic rings. The van der Waals surface area contributed by atoms with Gasteiger partial charge in [-0.05, 0) is 43.0 Å². The number of hydrogen-bond donors (Lipinski definition) is 1. The molecule has 130 valence electrons. The standard InChI is InChI=1S/C19H22N4OS/c1-3-5-6-15(12-20-4-2)14-7-8-17-16(11-14)23(13-24)18-19(25-17)22-10-9-21-18/h4,7-12,24H,3,5-6,13H2,1-2H3/b15-12+,20-4?. The number of benzene rings is 1. The van der Waals surface area contributed by atoms with Crippen molar-refractivity contribution in [2.45, 2.75) is 43.0 Å². The van der Waals surface area contributed by atoms with E-state index >= 15 is 0 Å². The van der Waals surface area contributed by atoms with Crippen molar-refractivity contribution in [2.75, 3.05) is 11.6 Å². The van der Waals surface area contributed by atoms with E-state index in [1.165, 1.54) is 5.57 Å². The Morgan fingerprint density at radius 2 is 2.16 bits per heavy atom. The molecule has 0 saturated heterocycles. The highest BCUT2D eigenvalue weighted by Crippen LogP contribution is 2.46. The minimum atomic E-state index is -0.135. The van der Waals surface area contributed by atoms with Gasteiger partial charge in [0.05, 0.1) is 5.69 Å². The van der Waals surface area contributed by atoms with Crippen LogP contribution in [0.3, 0.4) is 0 Å². The minimum absolute atomic E-state index is 0.135. The second-order valence-corrected chi connectivity index (χ2v) is 6.73. The second kappa shape index (κ2) is 8.27. The molecule has 3 rings (SSSR count). The van der Waals surface area contributed by atoms with E-state index in [9.17, 15) is 5.11 Å². The first-order chi connectivity index (χ1) is 12.3. The van der Waals surface area contributed by atoms with Crippen molar-refractivity contribution in [3.8, 4) is 0 Å². The summed E-state index contributed by atoms with van der Waals surface area (Å²) in [6.07, 6.45) is 10.3. The van der Waals surface area contributed by atoms with Crippen LogP contribution in [-0.2, 0) is 0 Å². The molecule has 0 aliphatic carbocycles. The van der Waals surface area contributed by atoms with Gasteiger partial charge in [-0.1, -0.05) is 31.2 Å². The van der Waals surface area contributed by atoms with Crippen molar-refractivity contribution in [3.63, 3.8) is 0 Å². The van der Waals surface area contributed by atoms with Crippen LogP contribution in [0.2, 0.25) is 0 Å². The van der Waals surface area contributed by atoms with Crippen LogP contribution < -0.4 is 4.90 Å². The lowest BCUT2D eigenvalue weighted by Gasteiger charge is -2.29. The third-order valence-corrected chi connectivity index (χ3v) is 5.10. The second-order valence-electron chi connectivity index (χ2n) is 5.70. The summed E-state index contributed by atoms with van der Waals surface area (Å²) in [6.45, 7) is 3.97. The number of aliphatic hydroxyl groups is 1. The number of fused-ring (bicyclic) bond motifs is 2. The Labute approximate surface area is 152 Å². The average Bonchev–Trinajstić information content (AvgIpc) is 2.66. The molecule has 0 bridgehead atoms. The molecule has 2 heterocycles. The molecular weight excluding hydrogens is 332 g/mol. The Kier molecular flexibility index (Phi) is 5.83. The van der Waals surface area contributed by atoms with Crippen molar-refractivity contribution in [1.82, 2.24) is 9.97 Å². The lowest BCUT2D eigenvalue weighted by atomic mass is 10.0. The van der Waals surface area contributed by atoms with E-state index in [2.05, 4.69) is 40.1 Å². The van der Waals surface area contributed by atoms with Crippen molar-refractivity contribution >= 4 is 35.1 Å². The van der Waals surface area contributed by atoms with Crippen molar-refractivity contribution in [3.05, 3.63) is 42.4 Å². The fourth-order valence-corrected chi connectivity index (χ4v) is 3.75. The third kappa shape index (κ3) is 3.75. The number of anilines is 2. The highest BCUT2D eigenvalue weighted by Gasteiger charge is 2.25. The highest BCUT2D eigenvalue weighted by molar-refractivity contribution is 7.99. The number of hydrogen-bond acceptors (Lipinski definition) is 6. The zero-order valence-electron chi connectivity index (χ0n) is 14.5. The van der Waals surface area contributed by atoms with Gasteiger partial charge in [-0.3, -0.25) is 9.89 Å². The van der Waals surface area contributed by atoms with E-state index in [4.69, 9.17) is 0 Å². The van der Waals surface area contributed by atoms with Crippen LogP contribution in [-0.4, -0.2) is 28.0 Å². The first-order valence-electron chi connectivity index (χ1n) is 8.47. The molecule has 0 atom stereocenters. The molecule has 5 nitrogen and oxygen atoms in total. The largest absolute Gasteiger partial charge is 0.376 e. The Balaban J connectivity index is 2.01. The fraction of sp³-hybridized carbons (Fsp3) is 0.316. The van der Waals surface area contributed by atoms with Crippen LogP contribution in [0.5, 0.6) is 0 Å². The summed E-state index contributed by atoms with van der Waals surface area (Å²) in [6, 6.07) is 6.32. The van der Waals surface area contributed by atoms with Gasteiger partial charge in [-0.25, -0.2) is 9.97 Å². The number of nitrogens with zero attached hydrogens (tertiary/aromatic N) is 4. The molecule has 1 aliphatic rings. The van der Waals surface area contributed by atoms with Gasteiger partial charge in [-0.2, -0.15) is 0 Å². The van der Waals surface area contributed by atoms with Gasteiger partial charge in [0.1, 0.15) is 11.8 Å². The van der Waals surface area contributed by atoms with Gasteiger partial charge in [0.2, 0.25) is 0 Å². The monoisotopic (exact) mass is 354 g/mol. The lowest BCUT2D eigenvalue weighted by molar-refractivity contribution is 0.302. The summed E-state index contributed by atoms with van der Waals surface area (Å²) in [5.41, 5.74) is 3.29. The lowest BCUT2D eigenvalue weighted by Crippen LogP contribution is -2.23. The Hall–Kier alpha value is -2.18. The van der Waals surface area contributed by atoms with Crippen molar-refractivity contribution in [1.29, 1.82) is 0 Å². The van der Waals surface area contributed by atoms with Crippen LogP contribution in [0, 0.1) is 0 Å². The van der Waals surface area contributed by atoms with Gasteiger partial charge in [0.15, 0.2) is 5.82 Å². The first kappa shape index (κ1) is 17.6. The Morgan fingerprint density at radius 1 is 1.32 bits per heavy atom. The zero-order chi connectivity index (χ0) is 17.6. The predicted octanol–water partition coefficient (Wildman–Crippen LogP) is 4.65. The summed E-state index contributed by atoms with van der Waals surface area (Å²) >= 11 is 1.58. The topological polar surface area (TPSA) is 61.6 Å². The summed E-state index contributed by atoms with van der Waals surface area (Å²) in [4.78, 5) is 15.9. The van der Waals surface area contributed by atoms with Crippen LogP contribution in [0.1, 0.15) is 38.7 Å². The minimum Gasteiger partial charge on any atom is -0.376 e. The smallest absolute Gasteiger partial charge is 0.168 e. The van der Waals surface area contributed by atoms with Gasteiger partial charge in [-0.15, -0.1) is 0 Å². The van der Waals surface area contributed by atoms with Crippen LogP contribution in [0.25, 0.3) is 5.57 Å². The number of unbranched alkanes of at least 4 members (excludes halogenated alkanes) is 1. The van der Waals surface area contributed by atoms with Crippen LogP contribution in [0.15, 0.2) is 51.7 Å². The maximum atomic E-state index is 9.91. The molecule has 0 fully saturated rings. The van der Waals surface area contributed by atoms with E-state index < -0.39 is 0 Å². The van der Waals surface area contributed by atoms with E-state index in [0.717, 1.165) is 40.4 Å². The maximum absolute atomic E-state index is 9.91. The quantitative estimate of drug-likeness (QED) is 0.765. The molecule has 0 saturated carbocycles. The van der Waals surface area contributed by atoms with Gasteiger partial charge in [0, 0.05) is 29.7 Å². The summed E-state index contributed by atoms with van der Waals surface area (Å²) in [5, 5.41) is 10.7. The maximum Gasteiger partial charge on any atom is 0.168 e. The Morgan fingerprint density at radius 3 is 2.92 bits per heavy atom. The number of aliphatic hydroxyl groups excluding tert-OH is 1. The molecule has 0 spiro atoms. The number of aromatic nitrogens is 2. The SMILES string of the molecule is CC=N/C=C(\CCCC)c1ccc2c(c1)N(CO)c1nccnc1S2. The van der Waals surface area contributed by atoms with Crippen molar-refractivity contribution in [2.24, 2.45) is 4.99 Å². The van der Waals surface area contributed by atoms with E-state index in [1.807, 2.05) is 13.1 Å².